The predicted molar refractivity (Wildman–Crippen MR) is 62.7 cm³/mol. The number of carbonyl (C=O) groups is 2. The van der Waals surface area contributed by atoms with Gasteiger partial charge in [0.2, 0.25) is 0 Å². The monoisotopic (exact) mass is 250 g/mol. The summed E-state index contributed by atoms with van der Waals surface area (Å²) in [6.07, 6.45) is 6.17. The van der Waals surface area contributed by atoms with Gasteiger partial charge < -0.3 is 15.3 Å². The molecule has 0 amide bonds. The molecule has 1 unspecified atom stereocenters. The van der Waals surface area contributed by atoms with Crippen molar-refractivity contribution in [1.82, 2.24) is 10.4 Å². The molecule has 2 N–H and O–H groups in total. The van der Waals surface area contributed by atoms with Crippen LogP contribution in [0.1, 0.15) is 13.8 Å². The minimum Gasteiger partial charge on any atom is -0.480 e. The normalized spacial score (nSPS) is 24.9. The van der Waals surface area contributed by atoms with Crippen molar-refractivity contribution in [3.05, 3.63) is 35.8 Å². The Bertz CT molecular complexity index is 492. The second-order valence-corrected chi connectivity index (χ2v) is 4.21. The summed E-state index contributed by atoms with van der Waals surface area (Å²) < 4.78 is 4.92. The average Bonchev–Trinajstić information content (AvgIpc) is 2.71. The van der Waals surface area contributed by atoms with Gasteiger partial charge in [-0.05, 0) is 26.0 Å². The summed E-state index contributed by atoms with van der Waals surface area (Å²) in [4.78, 5) is 22.9. The maximum atomic E-state index is 11.7. The van der Waals surface area contributed by atoms with Crippen LogP contribution < -0.4 is 5.43 Å². The molecule has 0 aromatic heterocycles. The van der Waals surface area contributed by atoms with Crippen LogP contribution in [0.15, 0.2) is 35.8 Å². The van der Waals surface area contributed by atoms with E-state index in [1.165, 1.54) is 12.3 Å². The lowest BCUT2D eigenvalue weighted by Crippen LogP contribution is -2.33. The van der Waals surface area contributed by atoms with Crippen LogP contribution >= 0.6 is 0 Å². The van der Waals surface area contributed by atoms with E-state index in [0.29, 0.717) is 11.3 Å². The fraction of sp³-hybridized carbons (Fsp3) is 0.333. The van der Waals surface area contributed by atoms with E-state index in [0.717, 1.165) is 0 Å². The molecule has 6 heteroatoms. The van der Waals surface area contributed by atoms with E-state index in [2.05, 4.69) is 5.43 Å². The molecule has 0 bridgehead atoms. The molecule has 96 valence electrons. The van der Waals surface area contributed by atoms with Gasteiger partial charge in [-0.1, -0.05) is 0 Å². The number of hydrogen-bond acceptors (Lipinski definition) is 5. The molecule has 0 aromatic rings. The Morgan fingerprint density at radius 2 is 2.28 bits per heavy atom. The average molecular weight is 250 g/mol. The summed E-state index contributed by atoms with van der Waals surface area (Å²) in [5, 5.41) is 10.8. The van der Waals surface area contributed by atoms with E-state index < -0.39 is 17.4 Å². The number of carbonyl (C=O) groups excluding carboxylic acids is 1. The highest BCUT2D eigenvalue weighted by Gasteiger charge is 2.36. The molecular weight excluding hydrogens is 236 g/mol. The van der Waals surface area contributed by atoms with Crippen molar-refractivity contribution in [3.8, 4) is 0 Å². The first-order valence-electron chi connectivity index (χ1n) is 5.56. The van der Waals surface area contributed by atoms with Crippen LogP contribution in [0.4, 0.5) is 0 Å². The van der Waals surface area contributed by atoms with E-state index in [1.807, 2.05) is 0 Å². The summed E-state index contributed by atoms with van der Waals surface area (Å²) in [5.41, 5.74) is 2.55. The van der Waals surface area contributed by atoms with Crippen LogP contribution in [0.3, 0.4) is 0 Å². The predicted octanol–water partition coefficient (Wildman–Crippen LogP) is 0.756. The highest BCUT2D eigenvalue weighted by Crippen LogP contribution is 2.33. The molecule has 0 spiro atoms. The van der Waals surface area contributed by atoms with Crippen LogP contribution in [-0.4, -0.2) is 28.7 Å². The molecule has 0 aliphatic carbocycles. The molecular formula is C12H14N2O4. The van der Waals surface area contributed by atoms with Crippen molar-refractivity contribution < 1.29 is 19.4 Å². The van der Waals surface area contributed by atoms with Gasteiger partial charge >= 0.3 is 11.9 Å². The Morgan fingerprint density at radius 3 is 2.89 bits per heavy atom. The van der Waals surface area contributed by atoms with Crippen LogP contribution in [0, 0.1) is 5.41 Å². The van der Waals surface area contributed by atoms with E-state index in [1.54, 1.807) is 31.1 Å². The summed E-state index contributed by atoms with van der Waals surface area (Å²) in [5.74, 6) is -1.44. The topological polar surface area (TPSA) is 78.9 Å². The quantitative estimate of drug-likeness (QED) is 0.720. The molecule has 18 heavy (non-hydrogen) atoms. The standard InChI is InChI=1S/C12H14N2O4/c1-3-18-10(15)8-7-13-14-5-4-12(2,11(16)17)6-9(8)14/h4-7,13H,3H2,1-2H3,(H,16,17). The lowest BCUT2D eigenvalue weighted by molar-refractivity contribution is -0.143. The Balaban J connectivity index is 2.32. The van der Waals surface area contributed by atoms with Gasteiger partial charge in [-0.3, -0.25) is 9.80 Å². The Kier molecular flexibility index (Phi) is 2.86. The highest BCUT2D eigenvalue weighted by atomic mass is 16.5. The molecule has 2 rings (SSSR count). The largest absolute Gasteiger partial charge is 0.480 e. The molecule has 6 nitrogen and oxygen atoms in total. The molecule has 0 aromatic carbocycles. The number of fused-ring (bicyclic) bond motifs is 1. The Hall–Kier alpha value is -2.24. The minimum atomic E-state index is -1.12. The van der Waals surface area contributed by atoms with Crippen LogP contribution in [-0.2, 0) is 14.3 Å². The van der Waals surface area contributed by atoms with Crippen molar-refractivity contribution in [1.29, 1.82) is 0 Å². The maximum Gasteiger partial charge on any atom is 0.341 e. The lowest BCUT2D eigenvalue weighted by Gasteiger charge is -2.27. The molecule has 2 aliphatic rings. The van der Waals surface area contributed by atoms with Gasteiger partial charge in [0, 0.05) is 12.4 Å². The summed E-state index contributed by atoms with van der Waals surface area (Å²) in [7, 11) is 0. The third-order valence-electron chi connectivity index (χ3n) is 2.85. The van der Waals surface area contributed by atoms with E-state index in [-0.39, 0.29) is 6.61 Å². The summed E-state index contributed by atoms with van der Waals surface area (Å²) in [6.45, 7) is 3.56. The van der Waals surface area contributed by atoms with Gasteiger partial charge in [-0.15, -0.1) is 0 Å². The first kappa shape index (κ1) is 12.2. The van der Waals surface area contributed by atoms with E-state index >= 15 is 0 Å². The molecule has 0 radical (unpaired) electrons. The molecule has 1 atom stereocenters. The van der Waals surface area contributed by atoms with Crippen LogP contribution in [0.25, 0.3) is 0 Å². The zero-order valence-corrected chi connectivity index (χ0v) is 10.1. The number of nitrogens with zero attached hydrogens (tertiary/aromatic N) is 1. The molecule has 2 aliphatic heterocycles. The zero-order chi connectivity index (χ0) is 13.3. The number of carboxylic acid groups (broad SMARTS) is 1. The molecule has 0 saturated heterocycles. The first-order valence-corrected chi connectivity index (χ1v) is 5.56. The first-order chi connectivity index (χ1) is 8.48. The van der Waals surface area contributed by atoms with Gasteiger partial charge in [-0.2, -0.15) is 0 Å². The smallest absolute Gasteiger partial charge is 0.341 e. The molecule has 2 heterocycles. The van der Waals surface area contributed by atoms with Crippen molar-refractivity contribution in [2.75, 3.05) is 6.61 Å². The maximum absolute atomic E-state index is 11.7. The Morgan fingerprint density at radius 1 is 1.56 bits per heavy atom. The minimum absolute atomic E-state index is 0.273. The summed E-state index contributed by atoms with van der Waals surface area (Å²) in [6, 6.07) is 0. The van der Waals surface area contributed by atoms with Crippen molar-refractivity contribution in [3.63, 3.8) is 0 Å². The third kappa shape index (κ3) is 1.85. The summed E-state index contributed by atoms with van der Waals surface area (Å²) >= 11 is 0. The lowest BCUT2D eigenvalue weighted by atomic mass is 9.87. The van der Waals surface area contributed by atoms with Gasteiger partial charge in [-0.25, -0.2) is 4.79 Å². The van der Waals surface area contributed by atoms with Crippen molar-refractivity contribution in [2.24, 2.45) is 5.41 Å². The van der Waals surface area contributed by atoms with Gasteiger partial charge in [0.15, 0.2) is 0 Å². The number of aliphatic carboxylic acids is 1. The molecule has 0 saturated carbocycles. The zero-order valence-electron chi connectivity index (χ0n) is 10.1. The van der Waals surface area contributed by atoms with E-state index in [4.69, 9.17) is 4.74 Å². The fourth-order valence-electron chi connectivity index (χ4n) is 1.74. The van der Waals surface area contributed by atoms with Crippen molar-refractivity contribution >= 4 is 11.9 Å². The van der Waals surface area contributed by atoms with Crippen molar-refractivity contribution in [2.45, 2.75) is 13.8 Å². The highest BCUT2D eigenvalue weighted by molar-refractivity contribution is 5.94. The Labute approximate surface area is 104 Å². The van der Waals surface area contributed by atoms with Crippen LogP contribution in [0.2, 0.25) is 0 Å². The number of hydrogen-bond donors (Lipinski definition) is 2. The SMILES string of the molecule is CCOC(=O)C1=CNN2C=CC(C)(C(=O)O)C=C12. The number of ether oxygens (including phenoxy) is 1. The number of rotatable bonds is 3. The third-order valence-corrected chi connectivity index (χ3v) is 2.85. The van der Waals surface area contributed by atoms with Gasteiger partial charge in [0.25, 0.3) is 0 Å². The van der Waals surface area contributed by atoms with Gasteiger partial charge in [0.1, 0.15) is 11.0 Å². The van der Waals surface area contributed by atoms with Gasteiger partial charge in [0.05, 0.1) is 12.3 Å². The number of hydrazine groups is 1. The second-order valence-electron chi connectivity index (χ2n) is 4.21. The second kappa shape index (κ2) is 4.21. The number of carboxylic acids is 1. The molecule has 0 fully saturated rings. The number of nitrogens with one attached hydrogen (secondary N) is 1. The number of esters is 1. The van der Waals surface area contributed by atoms with Crippen LogP contribution in [0.5, 0.6) is 0 Å². The fourth-order valence-corrected chi connectivity index (χ4v) is 1.74. The van der Waals surface area contributed by atoms with E-state index in [9.17, 15) is 14.7 Å².